The molecule has 2 aliphatic rings. The molecule has 0 aromatic carbocycles. The van der Waals surface area contributed by atoms with E-state index in [2.05, 4.69) is 22.6 Å². The summed E-state index contributed by atoms with van der Waals surface area (Å²) in [6.07, 6.45) is 4.00. The van der Waals surface area contributed by atoms with Gasteiger partial charge in [-0.15, -0.1) is 0 Å². The summed E-state index contributed by atoms with van der Waals surface area (Å²) in [6, 6.07) is 1.60. The Morgan fingerprint density at radius 1 is 1.23 bits per heavy atom. The molecule has 76 valence electrons. The highest BCUT2D eigenvalue weighted by Crippen LogP contribution is 2.16. The summed E-state index contributed by atoms with van der Waals surface area (Å²) in [5, 5.41) is 6.81. The van der Waals surface area contributed by atoms with Crippen LogP contribution in [0.5, 0.6) is 0 Å². The van der Waals surface area contributed by atoms with Gasteiger partial charge < -0.3 is 10.6 Å². The summed E-state index contributed by atoms with van der Waals surface area (Å²) in [5.41, 5.74) is 0. The standard InChI is InChI=1S/C10H21N3/c1-11-9-3-6-13(7-4-9)10-2-5-12-8-10/h9-12H,2-8H2,1H3. The summed E-state index contributed by atoms with van der Waals surface area (Å²) in [5.74, 6) is 0. The number of piperidine rings is 1. The van der Waals surface area contributed by atoms with E-state index in [-0.39, 0.29) is 0 Å². The summed E-state index contributed by atoms with van der Waals surface area (Å²) >= 11 is 0. The molecule has 2 saturated heterocycles. The summed E-state index contributed by atoms with van der Waals surface area (Å²) < 4.78 is 0. The fourth-order valence-electron chi connectivity index (χ4n) is 2.50. The molecule has 3 nitrogen and oxygen atoms in total. The summed E-state index contributed by atoms with van der Waals surface area (Å²) in [6.45, 7) is 5.01. The highest BCUT2D eigenvalue weighted by molar-refractivity contribution is 4.85. The van der Waals surface area contributed by atoms with Gasteiger partial charge in [-0.05, 0) is 45.9 Å². The molecule has 1 atom stereocenters. The van der Waals surface area contributed by atoms with Crippen LogP contribution in [0.4, 0.5) is 0 Å². The smallest absolute Gasteiger partial charge is 0.0232 e. The number of nitrogens with one attached hydrogen (secondary N) is 2. The van der Waals surface area contributed by atoms with Gasteiger partial charge in [0.1, 0.15) is 0 Å². The molecule has 2 aliphatic heterocycles. The van der Waals surface area contributed by atoms with Crippen molar-refractivity contribution in [2.24, 2.45) is 0 Å². The van der Waals surface area contributed by atoms with Crippen LogP contribution >= 0.6 is 0 Å². The zero-order valence-electron chi connectivity index (χ0n) is 8.55. The number of hydrogen-bond donors (Lipinski definition) is 2. The molecule has 2 fully saturated rings. The van der Waals surface area contributed by atoms with E-state index in [9.17, 15) is 0 Å². The lowest BCUT2D eigenvalue weighted by molar-refractivity contribution is 0.154. The van der Waals surface area contributed by atoms with Crippen LogP contribution in [0.15, 0.2) is 0 Å². The van der Waals surface area contributed by atoms with Crippen molar-refractivity contribution in [3.8, 4) is 0 Å². The van der Waals surface area contributed by atoms with Crippen LogP contribution in [-0.2, 0) is 0 Å². The first-order chi connectivity index (χ1) is 6.40. The van der Waals surface area contributed by atoms with E-state index in [0.717, 1.165) is 12.1 Å². The van der Waals surface area contributed by atoms with E-state index in [1.807, 2.05) is 0 Å². The van der Waals surface area contributed by atoms with Gasteiger partial charge in [0.15, 0.2) is 0 Å². The molecule has 0 aliphatic carbocycles. The predicted octanol–water partition coefficient (Wildman–Crippen LogP) is 0.0321. The summed E-state index contributed by atoms with van der Waals surface area (Å²) in [4.78, 5) is 2.66. The van der Waals surface area contributed by atoms with Crippen LogP contribution < -0.4 is 10.6 Å². The first-order valence-electron chi connectivity index (χ1n) is 5.52. The molecule has 0 aromatic rings. The Bertz CT molecular complexity index is 146. The molecule has 2 heterocycles. The van der Waals surface area contributed by atoms with Gasteiger partial charge in [0.2, 0.25) is 0 Å². The highest BCUT2D eigenvalue weighted by Gasteiger charge is 2.25. The predicted molar refractivity (Wildman–Crippen MR) is 54.9 cm³/mol. The van der Waals surface area contributed by atoms with Crippen molar-refractivity contribution in [2.75, 3.05) is 33.2 Å². The number of nitrogens with zero attached hydrogens (tertiary/aromatic N) is 1. The van der Waals surface area contributed by atoms with Crippen LogP contribution in [0.25, 0.3) is 0 Å². The monoisotopic (exact) mass is 183 g/mol. The average molecular weight is 183 g/mol. The molecular weight excluding hydrogens is 162 g/mol. The molecule has 0 aromatic heterocycles. The Kier molecular flexibility index (Phi) is 3.19. The molecule has 0 saturated carbocycles. The van der Waals surface area contributed by atoms with Gasteiger partial charge in [-0.2, -0.15) is 0 Å². The normalized spacial score (nSPS) is 32.5. The molecule has 0 amide bonds. The highest BCUT2D eigenvalue weighted by atomic mass is 15.2. The van der Waals surface area contributed by atoms with Crippen LogP contribution in [0.3, 0.4) is 0 Å². The van der Waals surface area contributed by atoms with E-state index in [4.69, 9.17) is 0 Å². The molecule has 0 spiro atoms. The largest absolute Gasteiger partial charge is 0.317 e. The van der Waals surface area contributed by atoms with Crippen molar-refractivity contribution in [3.63, 3.8) is 0 Å². The lowest BCUT2D eigenvalue weighted by atomic mass is 10.0. The van der Waals surface area contributed by atoms with Crippen LogP contribution in [0, 0.1) is 0 Å². The van der Waals surface area contributed by atoms with E-state index in [0.29, 0.717) is 0 Å². The second kappa shape index (κ2) is 4.40. The SMILES string of the molecule is CNC1CCN(C2CCNC2)CC1. The van der Waals surface area contributed by atoms with Gasteiger partial charge in [-0.3, -0.25) is 4.90 Å². The Morgan fingerprint density at radius 2 is 2.00 bits per heavy atom. The third-order valence-corrected chi connectivity index (χ3v) is 3.49. The Morgan fingerprint density at radius 3 is 2.54 bits per heavy atom. The van der Waals surface area contributed by atoms with Crippen molar-refractivity contribution in [2.45, 2.75) is 31.3 Å². The Labute approximate surface area is 80.9 Å². The first kappa shape index (κ1) is 9.44. The quantitative estimate of drug-likeness (QED) is 0.632. The first-order valence-corrected chi connectivity index (χ1v) is 5.52. The molecule has 0 bridgehead atoms. The Hall–Kier alpha value is -0.120. The molecule has 13 heavy (non-hydrogen) atoms. The van der Waals surface area contributed by atoms with E-state index in [1.54, 1.807) is 0 Å². The molecular formula is C10H21N3. The van der Waals surface area contributed by atoms with Crippen LogP contribution in [-0.4, -0.2) is 50.2 Å². The maximum atomic E-state index is 3.44. The van der Waals surface area contributed by atoms with E-state index in [1.165, 1.54) is 45.4 Å². The fourth-order valence-corrected chi connectivity index (χ4v) is 2.50. The molecule has 1 unspecified atom stereocenters. The average Bonchev–Trinajstić information content (AvgIpc) is 2.71. The van der Waals surface area contributed by atoms with Gasteiger partial charge in [0.05, 0.1) is 0 Å². The lowest BCUT2D eigenvalue weighted by Crippen LogP contribution is -2.46. The van der Waals surface area contributed by atoms with E-state index < -0.39 is 0 Å². The fraction of sp³-hybridized carbons (Fsp3) is 1.00. The topological polar surface area (TPSA) is 27.3 Å². The number of hydrogen-bond acceptors (Lipinski definition) is 3. The van der Waals surface area contributed by atoms with Gasteiger partial charge >= 0.3 is 0 Å². The Balaban J connectivity index is 1.77. The molecule has 2 rings (SSSR count). The van der Waals surface area contributed by atoms with E-state index >= 15 is 0 Å². The van der Waals surface area contributed by atoms with Crippen LogP contribution in [0.1, 0.15) is 19.3 Å². The zero-order chi connectivity index (χ0) is 9.10. The van der Waals surface area contributed by atoms with Gasteiger partial charge in [0, 0.05) is 18.6 Å². The molecule has 3 heteroatoms. The van der Waals surface area contributed by atoms with Gasteiger partial charge in [-0.1, -0.05) is 0 Å². The van der Waals surface area contributed by atoms with Gasteiger partial charge in [-0.25, -0.2) is 0 Å². The molecule has 0 radical (unpaired) electrons. The van der Waals surface area contributed by atoms with Crippen molar-refractivity contribution >= 4 is 0 Å². The summed E-state index contributed by atoms with van der Waals surface area (Å²) in [7, 11) is 2.08. The van der Waals surface area contributed by atoms with Crippen molar-refractivity contribution in [1.82, 2.24) is 15.5 Å². The third kappa shape index (κ3) is 2.22. The van der Waals surface area contributed by atoms with Crippen molar-refractivity contribution < 1.29 is 0 Å². The number of rotatable bonds is 2. The number of likely N-dealkylation sites (tertiary alicyclic amines) is 1. The second-order valence-corrected chi connectivity index (χ2v) is 4.25. The van der Waals surface area contributed by atoms with Crippen LogP contribution in [0.2, 0.25) is 0 Å². The minimum Gasteiger partial charge on any atom is -0.317 e. The van der Waals surface area contributed by atoms with Crippen molar-refractivity contribution in [1.29, 1.82) is 0 Å². The van der Waals surface area contributed by atoms with Gasteiger partial charge in [0.25, 0.3) is 0 Å². The maximum absolute atomic E-state index is 3.44. The maximum Gasteiger partial charge on any atom is 0.0232 e. The lowest BCUT2D eigenvalue weighted by Gasteiger charge is -2.35. The van der Waals surface area contributed by atoms with Crippen molar-refractivity contribution in [3.05, 3.63) is 0 Å². The minimum atomic E-state index is 0.769. The second-order valence-electron chi connectivity index (χ2n) is 4.25. The molecule has 2 N–H and O–H groups in total. The third-order valence-electron chi connectivity index (χ3n) is 3.49. The minimum absolute atomic E-state index is 0.769. The zero-order valence-corrected chi connectivity index (χ0v) is 8.55.